The number of aromatic hydroxyl groups is 1. The van der Waals surface area contributed by atoms with E-state index in [1.807, 2.05) is 0 Å². The number of benzene rings is 1. The number of aromatic nitrogens is 1. The summed E-state index contributed by atoms with van der Waals surface area (Å²) in [5.74, 6) is -0.286. The van der Waals surface area contributed by atoms with Crippen molar-refractivity contribution in [1.82, 2.24) is 4.98 Å². The largest absolute Gasteiger partial charge is 0.512 e. The number of anilines is 1. The number of ketones is 1. The van der Waals surface area contributed by atoms with Crippen LogP contribution in [0.5, 0.6) is 5.75 Å². The average molecular weight is 298 g/mol. The van der Waals surface area contributed by atoms with Crippen LogP contribution in [0.3, 0.4) is 0 Å². The number of aliphatic hydroxyl groups is 1. The number of carbonyl (C=O) groups is 1. The second kappa shape index (κ2) is 6.76. The van der Waals surface area contributed by atoms with Gasteiger partial charge in [0.15, 0.2) is 5.78 Å². The van der Waals surface area contributed by atoms with Crippen LogP contribution >= 0.6 is 0 Å². The van der Waals surface area contributed by atoms with Gasteiger partial charge in [0.05, 0.1) is 22.7 Å². The van der Waals surface area contributed by atoms with Crippen LogP contribution in [0.15, 0.2) is 60.0 Å². The van der Waals surface area contributed by atoms with Crippen molar-refractivity contribution < 1.29 is 15.0 Å². The molecule has 0 amide bonds. The molecule has 0 saturated heterocycles. The average Bonchev–Trinajstić information content (AvgIpc) is 2.49. The van der Waals surface area contributed by atoms with Gasteiger partial charge in [-0.3, -0.25) is 9.78 Å². The molecule has 1 aromatic heterocycles. The zero-order valence-electron chi connectivity index (χ0n) is 12.4. The number of phenols is 1. The van der Waals surface area contributed by atoms with Crippen LogP contribution in [0.25, 0.3) is 0 Å². The molecule has 5 nitrogen and oxygen atoms in total. The van der Waals surface area contributed by atoms with Gasteiger partial charge >= 0.3 is 0 Å². The molecule has 5 heteroatoms. The summed E-state index contributed by atoms with van der Waals surface area (Å²) >= 11 is 0. The lowest BCUT2D eigenvalue weighted by Crippen LogP contribution is -2.20. The molecule has 0 bridgehead atoms. The number of hydrogen-bond acceptors (Lipinski definition) is 5. The number of nitrogens with one attached hydrogen (secondary N) is 1. The summed E-state index contributed by atoms with van der Waals surface area (Å²) in [4.78, 5) is 16.2. The number of nitrogens with zero attached hydrogens (tertiary/aromatic N) is 1. The minimum absolute atomic E-state index is 0.0573. The van der Waals surface area contributed by atoms with E-state index in [4.69, 9.17) is 0 Å². The number of phenolic OH excluding ortho intramolecular Hbond substituents is 1. The van der Waals surface area contributed by atoms with Gasteiger partial charge in [0.25, 0.3) is 0 Å². The number of aliphatic hydroxyl groups excluding tert-OH is 1. The Kier molecular flexibility index (Phi) is 4.78. The normalized spacial score (nSPS) is 13.2. The molecule has 1 atom stereocenters. The van der Waals surface area contributed by atoms with E-state index in [1.165, 1.54) is 13.8 Å². The van der Waals surface area contributed by atoms with E-state index in [9.17, 15) is 15.0 Å². The number of carbonyl (C=O) groups excluding carboxylic acids is 1. The Balaban J connectivity index is 2.50. The maximum atomic E-state index is 11.9. The molecule has 3 N–H and O–H groups in total. The molecule has 0 spiro atoms. The van der Waals surface area contributed by atoms with Crippen LogP contribution in [-0.2, 0) is 4.79 Å². The Labute approximate surface area is 129 Å². The van der Waals surface area contributed by atoms with Gasteiger partial charge in [0.1, 0.15) is 11.8 Å². The molecule has 0 unspecified atom stereocenters. The monoisotopic (exact) mass is 298 g/mol. The van der Waals surface area contributed by atoms with Gasteiger partial charge in [-0.05, 0) is 38.1 Å². The van der Waals surface area contributed by atoms with Gasteiger partial charge in [-0.25, -0.2) is 0 Å². The fraction of sp³-hybridized carbons (Fsp3) is 0.176. The van der Waals surface area contributed by atoms with E-state index in [-0.39, 0.29) is 22.9 Å². The quantitative estimate of drug-likeness (QED) is 0.448. The number of pyridine rings is 1. The highest BCUT2D eigenvalue weighted by atomic mass is 16.3. The van der Waals surface area contributed by atoms with Crippen molar-refractivity contribution in [3.05, 3.63) is 65.7 Å². The Morgan fingerprint density at radius 1 is 1.14 bits per heavy atom. The van der Waals surface area contributed by atoms with Crippen molar-refractivity contribution >= 4 is 11.5 Å². The summed E-state index contributed by atoms with van der Waals surface area (Å²) in [5.41, 5.74) is 1.24. The molecule has 1 aromatic carbocycles. The Morgan fingerprint density at radius 3 is 2.36 bits per heavy atom. The van der Waals surface area contributed by atoms with Gasteiger partial charge in [0, 0.05) is 6.20 Å². The van der Waals surface area contributed by atoms with Crippen LogP contribution < -0.4 is 5.32 Å². The van der Waals surface area contributed by atoms with E-state index < -0.39 is 6.04 Å². The lowest BCUT2D eigenvalue weighted by Gasteiger charge is -2.22. The zero-order valence-corrected chi connectivity index (χ0v) is 12.4. The molecule has 0 aliphatic carbocycles. The number of para-hydroxylation sites is 2. The van der Waals surface area contributed by atoms with Crippen molar-refractivity contribution in [2.45, 2.75) is 19.9 Å². The first-order valence-corrected chi connectivity index (χ1v) is 6.87. The summed E-state index contributed by atoms with van der Waals surface area (Å²) in [6, 6.07) is 11.4. The van der Waals surface area contributed by atoms with Crippen LogP contribution in [0, 0.1) is 0 Å². The molecule has 1 heterocycles. The third-order valence-corrected chi connectivity index (χ3v) is 3.25. The first kappa shape index (κ1) is 15.6. The maximum Gasteiger partial charge on any atom is 0.161 e. The summed E-state index contributed by atoms with van der Waals surface area (Å²) in [6.07, 6.45) is 1.61. The lowest BCUT2D eigenvalue weighted by atomic mass is 9.98. The van der Waals surface area contributed by atoms with E-state index in [0.29, 0.717) is 11.4 Å². The van der Waals surface area contributed by atoms with Crippen LogP contribution in [0.4, 0.5) is 5.69 Å². The Bertz CT molecular complexity index is 692. The fourth-order valence-electron chi connectivity index (χ4n) is 2.26. The molecule has 0 aliphatic heterocycles. The van der Waals surface area contributed by atoms with Crippen molar-refractivity contribution in [1.29, 1.82) is 0 Å². The molecule has 2 aromatic rings. The van der Waals surface area contributed by atoms with Crippen LogP contribution in [-0.4, -0.2) is 21.0 Å². The number of Topliss-reactive ketones (excluding diaryl/α,β-unsaturated/α-hetero) is 1. The SMILES string of the molecule is CC(=O)C(=C(C)O)[C@@H](Nc1ccccc1O)c1ccccn1. The minimum atomic E-state index is -0.656. The maximum absolute atomic E-state index is 11.9. The molecule has 2 rings (SSSR count). The van der Waals surface area contributed by atoms with Gasteiger partial charge in [-0.15, -0.1) is 0 Å². The van der Waals surface area contributed by atoms with Gasteiger partial charge in [-0.2, -0.15) is 0 Å². The Morgan fingerprint density at radius 2 is 1.82 bits per heavy atom. The van der Waals surface area contributed by atoms with E-state index >= 15 is 0 Å². The molecule has 22 heavy (non-hydrogen) atoms. The molecular weight excluding hydrogens is 280 g/mol. The first-order valence-electron chi connectivity index (χ1n) is 6.87. The number of hydrogen-bond donors (Lipinski definition) is 3. The fourth-order valence-corrected chi connectivity index (χ4v) is 2.26. The summed E-state index contributed by atoms with van der Waals surface area (Å²) in [6.45, 7) is 2.84. The number of allylic oxidation sites excluding steroid dienone is 1. The number of rotatable bonds is 5. The third-order valence-electron chi connectivity index (χ3n) is 3.25. The lowest BCUT2D eigenvalue weighted by molar-refractivity contribution is -0.114. The second-order valence-electron chi connectivity index (χ2n) is 4.90. The molecule has 114 valence electrons. The highest BCUT2D eigenvalue weighted by Gasteiger charge is 2.24. The highest BCUT2D eigenvalue weighted by Crippen LogP contribution is 2.31. The second-order valence-corrected chi connectivity index (χ2v) is 4.90. The van der Waals surface area contributed by atoms with E-state index in [0.717, 1.165) is 0 Å². The van der Waals surface area contributed by atoms with Gasteiger partial charge in [-0.1, -0.05) is 18.2 Å². The predicted molar refractivity (Wildman–Crippen MR) is 84.7 cm³/mol. The summed E-state index contributed by atoms with van der Waals surface area (Å²) < 4.78 is 0. The third kappa shape index (κ3) is 3.44. The molecule has 0 fully saturated rings. The van der Waals surface area contributed by atoms with Gasteiger partial charge < -0.3 is 15.5 Å². The van der Waals surface area contributed by atoms with Crippen molar-refractivity contribution in [3.63, 3.8) is 0 Å². The van der Waals surface area contributed by atoms with Crippen molar-refractivity contribution in [3.8, 4) is 5.75 Å². The molecule has 0 radical (unpaired) electrons. The predicted octanol–water partition coefficient (Wildman–Crippen LogP) is 3.36. The molecule has 0 aliphatic rings. The highest BCUT2D eigenvalue weighted by molar-refractivity contribution is 5.95. The minimum Gasteiger partial charge on any atom is -0.512 e. The topological polar surface area (TPSA) is 82.5 Å². The summed E-state index contributed by atoms with van der Waals surface area (Å²) in [5, 5.41) is 22.9. The Hall–Kier alpha value is -2.82. The smallest absolute Gasteiger partial charge is 0.161 e. The van der Waals surface area contributed by atoms with Crippen LogP contribution in [0.1, 0.15) is 25.6 Å². The standard InChI is InChI=1S/C17H18N2O3/c1-11(20)16(12(2)21)17(14-8-5-6-10-18-14)19-13-7-3-4-9-15(13)22/h3-10,17,19-20,22H,1-2H3/t17-/m0/s1. The summed E-state index contributed by atoms with van der Waals surface area (Å²) in [7, 11) is 0. The van der Waals surface area contributed by atoms with Crippen molar-refractivity contribution in [2.24, 2.45) is 0 Å². The van der Waals surface area contributed by atoms with Crippen molar-refractivity contribution in [2.75, 3.05) is 5.32 Å². The van der Waals surface area contributed by atoms with E-state index in [1.54, 1.807) is 48.7 Å². The molecular formula is C17H18N2O3. The molecule has 0 saturated carbocycles. The van der Waals surface area contributed by atoms with E-state index in [2.05, 4.69) is 10.3 Å². The first-order chi connectivity index (χ1) is 10.5. The van der Waals surface area contributed by atoms with Gasteiger partial charge in [0.2, 0.25) is 0 Å². The van der Waals surface area contributed by atoms with Crippen LogP contribution in [0.2, 0.25) is 0 Å². The zero-order chi connectivity index (χ0) is 16.1.